The topological polar surface area (TPSA) is 69.5 Å². The molecule has 0 spiro atoms. The summed E-state index contributed by atoms with van der Waals surface area (Å²) < 4.78 is 13.9. The number of hydrogen-bond donors (Lipinski definition) is 0. The van der Waals surface area contributed by atoms with Crippen molar-refractivity contribution in [2.45, 2.75) is 26.8 Å². The summed E-state index contributed by atoms with van der Waals surface area (Å²) in [6.45, 7) is 5.69. The third-order valence-electron chi connectivity index (χ3n) is 5.60. The average molecular weight is 461 g/mol. The molecule has 1 aliphatic heterocycles. The lowest BCUT2D eigenvalue weighted by Crippen LogP contribution is -2.30. The van der Waals surface area contributed by atoms with Crippen LogP contribution in [-0.2, 0) is 11.3 Å². The normalized spacial score (nSPS) is 12.7. The quantitative estimate of drug-likeness (QED) is 0.364. The van der Waals surface area contributed by atoms with Crippen molar-refractivity contribution in [2.75, 3.05) is 18.2 Å². The van der Waals surface area contributed by atoms with Gasteiger partial charge in [0.25, 0.3) is 5.91 Å². The number of carbonyl (C=O) groups is 1. The van der Waals surface area contributed by atoms with Crippen molar-refractivity contribution in [1.82, 2.24) is 14.5 Å². The molecule has 0 fully saturated rings. The molecule has 3 heterocycles. The largest absolute Gasteiger partial charge is 0.454 e. The number of aryl methyl sites for hydroxylation is 3. The molecule has 5 rings (SSSR count). The van der Waals surface area contributed by atoms with Crippen molar-refractivity contribution in [3.63, 3.8) is 0 Å². The maximum absolute atomic E-state index is 13.3. The monoisotopic (exact) mass is 460 g/mol. The van der Waals surface area contributed by atoms with E-state index < -0.39 is 0 Å². The van der Waals surface area contributed by atoms with Crippen molar-refractivity contribution in [1.29, 1.82) is 0 Å². The summed E-state index contributed by atoms with van der Waals surface area (Å²) in [5.41, 5.74) is 4.12. The fourth-order valence-electron chi connectivity index (χ4n) is 3.77. The van der Waals surface area contributed by atoms with E-state index in [1.54, 1.807) is 40.9 Å². The number of anilines is 1. The zero-order valence-electron chi connectivity index (χ0n) is 18.5. The molecule has 2 aromatic carbocycles. The van der Waals surface area contributed by atoms with Gasteiger partial charge in [-0.2, -0.15) is 0 Å². The molecule has 0 bridgehead atoms. The van der Waals surface area contributed by atoms with Crippen molar-refractivity contribution in [2.24, 2.45) is 0 Å². The second-order valence-electron chi connectivity index (χ2n) is 7.96. The predicted molar refractivity (Wildman–Crippen MR) is 130 cm³/mol. The molecule has 4 aromatic rings. The molecule has 0 saturated heterocycles. The fraction of sp³-hybridized carbons (Fsp3) is 0.240. The van der Waals surface area contributed by atoms with Crippen LogP contribution in [0.1, 0.15) is 23.1 Å². The van der Waals surface area contributed by atoms with Crippen LogP contribution in [0.25, 0.3) is 16.3 Å². The molecular weight excluding hydrogens is 436 g/mol. The van der Waals surface area contributed by atoms with Crippen LogP contribution in [0.3, 0.4) is 0 Å². The minimum atomic E-state index is -0.104. The van der Waals surface area contributed by atoms with E-state index in [1.165, 1.54) is 5.56 Å². The van der Waals surface area contributed by atoms with E-state index in [0.717, 1.165) is 40.1 Å². The molecule has 0 N–H and O–H groups in total. The molecule has 0 unspecified atom stereocenters. The van der Waals surface area contributed by atoms with Gasteiger partial charge in [-0.3, -0.25) is 9.69 Å². The van der Waals surface area contributed by atoms with Gasteiger partial charge in [0.1, 0.15) is 0 Å². The highest BCUT2D eigenvalue weighted by molar-refractivity contribution is 7.22. The van der Waals surface area contributed by atoms with Crippen LogP contribution in [0.2, 0.25) is 0 Å². The number of amides is 1. The van der Waals surface area contributed by atoms with E-state index in [0.29, 0.717) is 17.4 Å². The Labute approximate surface area is 195 Å². The maximum Gasteiger partial charge on any atom is 0.252 e. The first-order valence-electron chi connectivity index (χ1n) is 10.8. The van der Waals surface area contributed by atoms with Crippen molar-refractivity contribution in [3.05, 3.63) is 71.8 Å². The molecule has 33 heavy (non-hydrogen) atoms. The first-order chi connectivity index (χ1) is 16.1. The van der Waals surface area contributed by atoms with E-state index in [1.807, 2.05) is 29.0 Å². The standard InChI is InChI=1S/C25H24N4O3S/c1-17-4-5-18(2)24-23(17)27-25(33-24)29(12-3-11-28-13-10-26-15-28)22(30)9-7-19-6-8-20-21(14-19)32-16-31-20/h4-10,13-15H,3,11-12,16H2,1-2H3/b9-7+. The third kappa shape index (κ3) is 4.47. The number of aromatic nitrogens is 3. The molecule has 0 atom stereocenters. The Morgan fingerprint density at radius 1 is 1.18 bits per heavy atom. The molecule has 0 saturated carbocycles. The molecule has 168 valence electrons. The number of benzene rings is 2. The third-order valence-corrected chi connectivity index (χ3v) is 6.81. The number of carbonyl (C=O) groups excluding carboxylic acids is 1. The van der Waals surface area contributed by atoms with Gasteiger partial charge < -0.3 is 14.0 Å². The van der Waals surface area contributed by atoms with Gasteiger partial charge in [0.15, 0.2) is 16.6 Å². The summed E-state index contributed by atoms with van der Waals surface area (Å²) >= 11 is 1.56. The predicted octanol–water partition coefficient (Wildman–Crippen LogP) is 4.98. The fourth-order valence-corrected chi connectivity index (χ4v) is 4.91. The molecule has 2 aromatic heterocycles. The summed E-state index contributed by atoms with van der Waals surface area (Å²) in [4.78, 5) is 24.0. The Hall–Kier alpha value is -3.65. The SMILES string of the molecule is Cc1ccc(C)c2sc(N(CCCn3ccnc3)C(=O)/C=C/c3ccc4c(c3)OCO4)nc12. The highest BCUT2D eigenvalue weighted by Gasteiger charge is 2.19. The van der Waals surface area contributed by atoms with Gasteiger partial charge >= 0.3 is 0 Å². The summed E-state index contributed by atoms with van der Waals surface area (Å²) in [6, 6.07) is 9.82. The number of ether oxygens (including phenoxy) is 2. The first kappa shape index (κ1) is 21.2. The number of imidazole rings is 1. The molecule has 7 nitrogen and oxygen atoms in total. The Balaban J connectivity index is 1.40. The maximum atomic E-state index is 13.3. The van der Waals surface area contributed by atoms with Gasteiger partial charge in [-0.25, -0.2) is 9.97 Å². The van der Waals surface area contributed by atoms with Crippen LogP contribution in [0.15, 0.2) is 55.1 Å². The average Bonchev–Trinajstić information content (AvgIpc) is 3.58. The van der Waals surface area contributed by atoms with Crippen LogP contribution in [-0.4, -0.2) is 33.8 Å². The zero-order chi connectivity index (χ0) is 22.8. The molecule has 8 heteroatoms. The number of fused-ring (bicyclic) bond motifs is 2. The van der Waals surface area contributed by atoms with Crippen LogP contribution >= 0.6 is 11.3 Å². The Kier molecular flexibility index (Phi) is 5.83. The lowest BCUT2D eigenvalue weighted by Gasteiger charge is -2.18. The van der Waals surface area contributed by atoms with Gasteiger partial charge in [0, 0.05) is 31.6 Å². The summed E-state index contributed by atoms with van der Waals surface area (Å²) in [6.07, 6.45) is 9.66. The lowest BCUT2D eigenvalue weighted by molar-refractivity contribution is -0.114. The van der Waals surface area contributed by atoms with Crippen LogP contribution < -0.4 is 14.4 Å². The lowest BCUT2D eigenvalue weighted by atomic mass is 10.1. The molecular formula is C25H24N4O3S. The van der Waals surface area contributed by atoms with E-state index in [2.05, 4.69) is 31.0 Å². The van der Waals surface area contributed by atoms with Gasteiger partial charge in [0.2, 0.25) is 6.79 Å². The van der Waals surface area contributed by atoms with Crippen LogP contribution in [0.5, 0.6) is 11.5 Å². The van der Waals surface area contributed by atoms with Crippen LogP contribution in [0.4, 0.5) is 5.13 Å². The molecule has 0 aliphatic carbocycles. The smallest absolute Gasteiger partial charge is 0.252 e. The summed E-state index contributed by atoms with van der Waals surface area (Å²) in [5.74, 6) is 1.31. The summed E-state index contributed by atoms with van der Waals surface area (Å²) in [5, 5.41) is 0.716. The van der Waals surface area contributed by atoms with Gasteiger partial charge in [0.05, 0.1) is 16.5 Å². The van der Waals surface area contributed by atoms with E-state index in [9.17, 15) is 4.79 Å². The first-order valence-corrected chi connectivity index (χ1v) is 11.6. The van der Waals surface area contributed by atoms with E-state index in [-0.39, 0.29) is 12.7 Å². The zero-order valence-corrected chi connectivity index (χ0v) is 19.3. The van der Waals surface area contributed by atoms with Crippen molar-refractivity contribution < 1.29 is 14.3 Å². The number of hydrogen-bond acceptors (Lipinski definition) is 6. The van der Waals surface area contributed by atoms with Gasteiger partial charge in [-0.15, -0.1) is 0 Å². The minimum absolute atomic E-state index is 0.104. The highest BCUT2D eigenvalue weighted by atomic mass is 32.1. The second-order valence-corrected chi connectivity index (χ2v) is 8.94. The number of nitrogens with zero attached hydrogens (tertiary/aromatic N) is 4. The Morgan fingerprint density at radius 2 is 2.03 bits per heavy atom. The van der Waals surface area contributed by atoms with E-state index in [4.69, 9.17) is 14.5 Å². The van der Waals surface area contributed by atoms with Gasteiger partial charge in [-0.05, 0) is 55.2 Å². The minimum Gasteiger partial charge on any atom is -0.454 e. The second kappa shape index (κ2) is 9.07. The highest BCUT2D eigenvalue weighted by Crippen LogP contribution is 2.34. The van der Waals surface area contributed by atoms with Crippen molar-refractivity contribution >= 4 is 38.7 Å². The van der Waals surface area contributed by atoms with E-state index >= 15 is 0 Å². The summed E-state index contributed by atoms with van der Waals surface area (Å²) in [7, 11) is 0. The Morgan fingerprint density at radius 3 is 2.85 bits per heavy atom. The number of thiazole rings is 1. The number of rotatable bonds is 7. The molecule has 1 aliphatic rings. The Bertz CT molecular complexity index is 1290. The van der Waals surface area contributed by atoms with Crippen LogP contribution in [0, 0.1) is 13.8 Å². The molecule has 0 radical (unpaired) electrons. The van der Waals surface area contributed by atoms with Crippen molar-refractivity contribution in [3.8, 4) is 11.5 Å². The van der Waals surface area contributed by atoms with Gasteiger partial charge in [-0.1, -0.05) is 29.5 Å². The molecule has 1 amide bonds.